The third-order valence-corrected chi connectivity index (χ3v) is 4.03. The van der Waals surface area contributed by atoms with Gasteiger partial charge in [-0.05, 0) is 36.2 Å². The lowest BCUT2D eigenvalue weighted by molar-refractivity contribution is -0.123. The Hall–Kier alpha value is -3.02. The average molecular weight is 356 g/mol. The van der Waals surface area contributed by atoms with Gasteiger partial charge in [-0.3, -0.25) is 9.59 Å². The molecule has 0 fully saturated rings. The Kier molecular flexibility index (Phi) is 6.60. The second-order valence-corrected chi connectivity index (χ2v) is 5.86. The normalized spacial score (nSPS) is 10.2. The lowest BCUT2D eigenvalue weighted by Crippen LogP contribution is -2.39. The van der Waals surface area contributed by atoms with E-state index in [1.807, 2.05) is 43.3 Å². The predicted octanol–water partition coefficient (Wildman–Crippen LogP) is 2.68. The van der Waals surface area contributed by atoms with Crippen molar-refractivity contribution in [3.05, 3.63) is 53.6 Å². The molecule has 6 nitrogen and oxygen atoms in total. The number of hydrogen-bond acceptors (Lipinski definition) is 4. The highest BCUT2D eigenvalue weighted by Gasteiger charge is 2.17. The molecule has 0 saturated heterocycles. The molecule has 0 aliphatic carbocycles. The van der Waals surface area contributed by atoms with E-state index in [-0.39, 0.29) is 18.4 Å². The maximum atomic E-state index is 12.3. The molecular formula is C20H24N2O4. The Morgan fingerprint density at radius 2 is 1.73 bits per heavy atom. The summed E-state index contributed by atoms with van der Waals surface area (Å²) in [5, 5.41) is 2.83. The first kappa shape index (κ1) is 19.3. The molecular weight excluding hydrogens is 332 g/mol. The van der Waals surface area contributed by atoms with Crippen molar-refractivity contribution in [3.8, 4) is 11.5 Å². The fourth-order valence-corrected chi connectivity index (χ4v) is 2.62. The van der Waals surface area contributed by atoms with Crippen molar-refractivity contribution in [1.82, 2.24) is 5.32 Å². The molecule has 0 aromatic heterocycles. The molecule has 0 saturated carbocycles. The zero-order chi connectivity index (χ0) is 19.1. The quantitative estimate of drug-likeness (QED) is 0.828. The minimum atomic E-state index is -0.238. The molecule has 0 aliphatic heterocycles. The average Bonchev–Trinajstić information content (AvgIpc) is 2.64. The number of carbonyl (C=O) groups is 2. The standard InChI is InChI=1S/C20H24N2O4/c1-14-7-5-6-8-17(14)22(15(2)23)13-20(24)21-12-16-9-10-18(25-3)19(11-16)26-4/h5-11H,12-13H2,1-4H3,(H,21,24). The Morgan fingerprint density at radius 1 is 1.04 bits per heavy atom. The second kappa shape index (κ2) is 8.89. The number of rotatable bonds is 7. The summed E-state index contributed by atoms with van der Waals surface area (Å²) >= 11 is 0. The van der Waals surface area contributed by atoms with E-state index < -0.39 is 0 Å². The molecule has 0 spiro atoms. The van der Waals surface area contributed by atoms with Crippen LogP contribution in [0, 0.1) is 6.92 Å². The number of carbonyl (C=O) groups excluding carboxylic acids is 2. The highest BCUT2D eigenvalue weighted by atomic mass is 16.5. The van der Waals surface area contributed by atoms with E-state index in [1.54, 1.807) is 20.3 Å². The van der Waals surface area contributed by atoms with Gasteiger partial charge in [0.15, 0.2) is 11.5 Å². The summed E-state index contributed by atoms with van der Waals surface area (Å²) in [6.07, 6.45) is 0. The predicted molar refractivity (Wildman–Crippen MR) is 101 cm³/mol. The van der Waals surface area contributed by atoms with Crippen LogP contribution in [-0.2, 0) is 16.1 Å². The fourth-order valence-electron chi connectivity index (χ4n) is 2.62. The molecule has 138 valence electrons. The number of hydrogen-bond donors (Lipinski definition) is 1. The fraction of sp³-hybridized carbons (Fsp3) is 0.300. The Morgan fingerprint density at radius 3 is 2.35 bits per heavy atom. The summed E-state index contributed by atoms with van der Waals surface area (Å²) in [7, 11) is 3.13. The summed E-state index contributed by atoms with van der Waals surface area (Å²) in [6.45, 7) is 3.66. The maximum absolute atomic E-state index is 12.3. The van der Waals surface area contributed by atoms with E-state index in [9.17, 15) is 9.59 Å². The van der Waals surface area contributed by atoms with E-state index in [0.717, 1.165) is 16.8 Å². The molecule has 0 bridgehead atoms. The van der Waals surface area contributed by atoms with Gasteiger partial charge in [-0.15, -0.1) is 0 Å². The van der Waals surface area contributed by atoms with E-state index in [0.29, 0.717) is 18.0 Å². The zero-order valence-electron chi connectivity index (χ0n) is 15.5. The van der Waals surface area contributed by atoms with Crippen LogP contribution in [0.4, 0.5) is 5.69 Å². The first-order chi connectivity index (χ1) is 12.5. The number of nitrogens with one attached hydrogen (secondary N) is 1. The Labute approximate surface area is 153 Å². The van der Waals surface area contributed by atoms with Crippen molar-refractivity contribution in [3.63, 3.8) is 0 Å². The highest BCUT2D eigenvalue weighted by Crippen LogP contribution is 2.27. The molecule has 0 radical (unpaired) electrons. The van der Waals surface area contributed by atoms with Crippen molar-refractivity contribution < 1.29 is 19.1 Å². The Bertz CT molecular complexity index is 789. The molecule has 2 amide bonds. The van der Waals surface area contributed by atoms with Gasteiger partial charge in [-0.2, -0.15) is 0 Å². The molecule has 0 heterocycles. The number of aryl methyl sites for hydroxylation is 1. The number of benzene rings is 2. The van der Waals surface area contributed by atoms with Gasteiger partial charge in [0.25, 0.3) is 0 Å². The molecule has 0 atom stereocenters. The highest BCUT2D eigenvalue weighted by molar-refractivity contribution is 5.98. The van der Waals surface area contributed by atoms with Crippen LogP contribution in [0.2, 0.25) is 0 Å². The van der Waals surface area contributed by atoms with Crippen LogP contribution in [0.3, 0.4) is 0 Å². The molecule has 2 aromatic rings. The zero-order valence-corrected chi connectivity index (χ0v) is 15.5. The van der Waals surface area contributed by atoms with Crippen LogP contribution in [0.5, 0.6) is 11.5 Å². The molecule has 0 unspecified atom stereocenters. The van der Waals surface area contributed by atoms with Gasteiger partial charge in [-0.25, -0.2) is 0 Å². The molecule has 0 aliphatic rings. The van der Waals surface area contributed by atoms with Gasteiger partial charge < -0.3 is 19.7 Å². The van der Waals surface area contributed by atoms with Crippen LogP contribution >= 0.6 is 0 Å². The number of para-hydroxylation sites is 1. The van der Waals surface area contributed by atoms with Crippen LogP contribution in [0.15, 0.2) is 42.5 Å². The van der Waals surface area contributed by atoms with E-state index in [2.05, 4.69) is 5.32 Å². The number of ether oxygens (including phenoxy) is 2. The van der Waals surface area contributed by atoms with Gasteiger partial charge in [0.2, 0.25) is 11.8 Å². The van der Waals surface area contributed by atoms with Gasteiger partial charge in [0.1, 0.15) is 6.54 Å². The largest absolute Gasteiger partial charge is 0.493 e. The van der Waals surface area contributed by atoms with Crippen molar-refractivity contribution in [2.24, 2.45) is 0 Å². The van der Waals surface area contributed by atoms with Crippen LogP contribution < -0.4 is 19.7 Å². The number of amides is 2. The van der Waals surface area contributed by atoms with E-state index in [1.165, 1.54) is 11.8 Å². The van der Waals surface area contributed by atoms with E-state index in [4.69, 9.17) is 9.47 Å². The summed E-state index contributed by atoms with van der Waals surface area (Å²) in [5.41, 5.74) is 2.55. The smallest absolute Gasteiger partial charge is 0.240 e. The minimum Gasteiger partial charge on any atom is -0.493 e. The van der Waals surface area contributed by atoms with Crippen molar-refractivity contribution in [2.45, 2.75) is 20.4 Å². The van der Waals surface area contributed by atoms with Gasteiger partial charge in [-0.1, -0.05) is 24.3 Å². The lowest BCUT2D eigenvalue weighted by Gasteiger charge is -2.22. The maximum Gasteiger partial charge on any atom is 0.240 e. The molecule has 2 rings (SSSR count). The molecule has 1 N–H and O–H groups in total. The number of anilines is 1. The second-order valence-electron chi connectivity index (χ2n) is 5.86. The third kappa shape index (κ3) is 4.75. The Balaban J connectivity index is 2.03. The minimum absolute atomic E-state index is 0.0342. The summed E-state index contributed by atoms with van der Waals surface area (Å²) in [4.78, 5) is 25.8. The van der Waals surface area contributed by atoms with Gasteiger partial charge in [0.05, 0.1) is 14.2 Å². The van der Waals surface area contributed by atoms with Crippen molar-refractivity contribution >= 4 is 17.5 Å². The van der Waals surface area contributed by atoms with E-state index >= 15 is 0 Å². The van der Waals surface area contributed by atoms with Crippen LogP contribution in [-0.4, -0.2) is 32.6 Å². The van der Waals surface area contributed by atoms with Gasteiger partial charge in [0, 0.05) is 19.2 Å². The van der Waals surface area contributed by atoms with Gasteiger partial charge >= 0.3 is 0 Å². The topological polar surface area (TPSA) is 67.9 Å². The third-order valence-electron chi connectivity index (χ3n) is 4.03. The molecule has 2 aromatic carbocycles. The number of methoxy groups -OCH3 is 2. The number of nitrogens with zero attached hydrogens (tertiary/aromatic N) is 1. The lowest BCUT2D eigenvalue weighted by atomic mass is 10.1. The summed E-state index contributed by atoms with van der Waals surface area (Å²) in [5.74, 6) is 0.813. The molecule has 26 heavy (non-hydrogen) atoms. The summed E-state index contributed by atoms with van der Waals surface area (Å²) < 4.78 is 10.5. The SMILES string of the molecule is COc1ccc(CNC(=O)CN(C(C)=O)c2ccccc2C)cc1OC. The first-order valence-electron chi connectivity index (χ1n) is 8.27. The molecule has 6 heteroatoms. The van der Waals surface area contributed by atoms with Crippen LogP contribution in [0.1, 0.15) is 18.1 Å². The van der Waals surface area contributed by atoms with Crippen molar-refractivity contribution in [1.29, 1.82) is 0 Å². The first-order valence-corrected chi connectivity index (χ1v) is 8.27. The van der Waals surface area contributed by atoms with Crippen molar-refractivity contribution in [2.75, 3.05) is 25.7 Å². The monoisotopic (exact) mass is 356 g/mol. The van der Waals surface area contributed by atoms with Crippen LogP contribution in [0.25, 0.3) is 0 Å². The summed E-state index contributed by atoms with van der Waals surface area (Å²) in [6, 6.07) is 12.9.